The van der Waals surface area contributed by atoms with Crippen molar-refractivity contribution in [2.75, 3.05) is 6.61 Å². The Labute approximate surface area is 160 Å². The molecule has 3 unspecified atom stereocenters. The first-order valence-corrected chi connectivity index (χ1v) is 9.78. The van der Waals surface area contributed by atoms with Gasteiger partial charge in [-0.15, -0.1) is 11.3 Å². The van der Waals surface area contributed by atoms with Crippen LogP contribution in [0.1, 0.15) is 34.9 Å². The van der Waals surface area contributed by atoms with E-state index in [1.807, 2.05) is 24.3 Å². The first-order valence-electron chi connectivity index (χ1n) is 8.96. The molecule has 1 aliphatic heterocycles. The Kier molecular flexibility index (Phi) is 5.14. The summed E-state index contributed by atoms with van der Waals surface area (Å²) in [5.74, 6) is -0.660. The van der Waals surface area contributed by atoms with E-state index in [1.54, 1.807) is 17.4 Å². The summed E-state index contributed by atoms with van der Waals surface area (Å²) < 4.78 is 21.4. The molecule has 0 amide bonds. The van der Waals surface area contributed by atoms with Gasteiger partial charge in [0.25, 0.3) is 0 Å². The number of halogens is 1. The summed E-state index contributed by atoms with van der Waals surface area (Å²) in [5.41, 5.74) is 0.920. The minimum atomic E-state index is -0.628. The molecule has 0 spiro atoms. The van der Waals surface area contributed by atoms with Crippen LogP contribution in [0, 0.1) is 5.82 Å². The molecule has 0 aliphatic carbocycles. The molecule has 0 bridgehead atoms. The van der Waals surface area contributed by atoms with Gasteiger partial charge in [-0.1, -0.05) is 18.2 Å². The lowest BCUT2D eigenvalue weighted by atomic mass is 9.93. The van der Waals surface area contributed by atoms with Gasteiger partial charge in [0.15, 0.2) is 0 Å². The molecule has 27 heavy (non-hydrogen) atoms. The van der Waals surface area contributed by atoms with Crippen molar-refractivity contribution in [3.63, 3.8) is 0 Å². The minimum absolute atomic E-state index is 0.191. The van der Waals surface area contributed by atoms with Crippen LogP contribution in [0.25, 0.3) is 10.1 Å². The maximum absolute atomic E-state index is 14.5. The fourth-order valence-electron chi connectivity index (χ4n) is 3.64. The predicted octanol–water partition coefficient (Wildman–Crippen LogP) is 3.91. The average Bonchev–Trinajstić information content (AvgIpc) is 3.05. The van der Waals surface area contributed by atoms with Gasteiger partial charge in [-0.05, 0) is 29.1 Å². The summed E-state index contributed by atoms with van der Waals surface area (Å²) in [4.78, 5) is 1.03. The second-order valence-corrected chi connectivity index (χ2v) is 8.15. The van der Waals surface area contributed by atoms with Gasteiger partial charge in [0.1, 0.15) is 11.6 Å². The average molecular weight is 388 g/mol. The maximum atomic E-state index is 14.5. The molecule has 6 heteroatoms. The van der Waals surface area contributed by atoms with E-state index in [2.05, 4.69) is 6.07 Å². The molecule has 3 N–H and O–H groups in total. The van der Waals surface area contributed by atoms with E-state index < -0.39 is 24.1 Å². The quantitative estimate of drug-likeness (QED) is 0.634. The van der Waals surface area contributed by atoms with Gasteiger partial charge < -0.3 is 20.1 Å². The van der Waals surface area contributed by atoms with Crippen molar-refractivity contribution in [3.8, 4) is 5.75 Å². The Morgan fingerprint density at radius 2 is 1.96 bits per heavy atom. The SMILES string of the molecule is OCC1CC(O)CC(c2cc(Cc3cc4ccccc4s3)c(F)cc2O)O1. The minimum Gasteiger partial charge on any atom is -0.507 e. The number of fused-ring (bicyclic) bond motifs is 1. The van der Waals surface area contributed by atoms with E-state index in [1.165, 1.54) is 0 Å². The zero-order valence-corrected chi connectivity index (χ0v) is 15.5. The van der Waals surface area contributed by atoms with E-state index >= 15 is 0 Å². The van der Waals surface area contributed by atoms with E-state index in [0.29, 0.717) is 30.4 Å². The predicted molar refractivity (Wildman–Crippen MR) is 103 cm³/mol. The lowest BCUT2D eigenvalue weighted by Crippen LogP contribution is -2.33. The highest BCUT2D eigenvalue weighted by atomic mass is 32.1. The van der Waals surface area contributed by atoms with Gasteiger partial charge in [0, 0.05) is 40.5 Å². The first kappa shape index (κ1) is 18.4. The van der Waals surface area contributed by atoms with Crippen LogP contribution in [0.2, 0.25) is 0 Å². The highest BCUT2D eigenvalue weighted by Gasteiger charge is 2.31. The largest absolute Gasteiger partial charge is 0.507 e. The lowest BCUT2D eigenvalue weighted by Gasteiger charge is -2.33. The number of aromatic hydroxyl groups is 1. The van der Waals surface area contributed by atoms with Crippen LogP contribution in [0.4, 0.5) is 4.39 Å². The molecule has 0 saturated carbocycles. The summed E-state index contributed by atoms with van der Waals surface area (Å²) >= 11 is 1.62. The zero-order valence-electron chi connectivity index (χ0n) is 14.6. The summed E-state index contributed by atoms with van der Waals surface area (Å²) in [6.45, 7) is -0.204. The Balaban J connectivity index is 1.64. The number of benzene rings is 2. The smallest absolute Gasteiger partial charge is 0.130 e. The molecule has 3 atom stereocenters. The second-order valence-electron chi connectivity index (χ2n) is 6.98. The summed E-state index contributed by atoms with van der Waals surface area (Å²) in [7, 11) is 0. The summed E-state index contributed by atoms with van der Waals surface area (Å²) in [6, 6.07) is 12.8. The molecule has 1 aromatic heterocycles. The fourth-order valence-corrected chi connectivity index (χ4v) is 4.73. The van der Waals surface area contributed by atoms with Crippen molar-refractivity contribution in [2.24, 2.45) is 0 Å². The molecule has 2 aromatic carbocycles. The fraction of sp³-hybridized carbons (Fsp3) is 0.333. The zero-order chi connectivity index (χ0) is 19.0. The van der Waals surface area contributed by atoms with Gasteiger partial charge >= 0.3 is 0 Å². The molecular formula is C21H21FO4S. The number of hydrogen-bond donors (Lipinski definition) is 3. The number of phenols is 1. The number of hydrogen-bond acceptors (Lipinski definition) is 5. The Bertz CT molecular complexity index is 922. The Hall–Kier alpha value is -1.99. The molecule has 1 saturated heterocycles. The van der Waals surface area contributed by atoms with Crippen LogP contribution in [0.5, 0.6) is 5.75 Å². The van der Waals surface area contributed by atoms with Crippen molar-refractivity contribution in [2.45, 2.75) is 37.6 Å². The van der Waals surface area contributed by atoms with Crippen LogP contribution < -0.4 is 0 Å². The van der Waals surface area contributed by atoms with Crippen LogP contribution in [0.15, 0.2) is 42.5 Å². The highest BCUT2D eigenvalue weighted by molar-refractivity contribution is 7.19. The van der Waals surface area contributed by atoms with E-state index in [9.17, 15) is 19.7 Å². The molecule has 1 aliphatic rings. The summed E-state index contributed by atoms with van der Waals surface area (Å²) in [5, 5.41) is 30.7. The van der Waals surface area contributed by atoms with E-state index in [4.69, 9.17) is 4.74 Å². The van der Waals surface area contributed by atoms with Crippen molar-refractivity contribution in [1.82, 2.24) is 0 Å². The van der Waals surface area contributed by atoms with Crippen molar-refractivity contribution < 1.29 is 24.4 Å². The monoisotopic (exact) mass is 388 g/mol. The second kappa shape index (κ2) is 7.56. The molecule has 2 heterocycles. The van der Waals surface area contributed by atoms with Gasteiger partial charge in [-0.25, -0.2) is 4.39 Å². The number of ether oxygens (including phenoxy) is 1. The van der Waals surface area contributed by atoms with Gasteiger partial charge in [-0.3, -0.25) is 0 Å². The van der Waals surface area contributed by atoms with Gasteiger partial charge in [-0.2, -0.15) is 0 Å². The van der Waals surface area contributed by atoms with Gasteiger partial charge in [0.2, 0.25) is 0 Å². The molecule has 3 aromatic rings. The van der Waals surface area contributed by atoms with Crippen LogP contribution >= 0.6 is 11.3 Å². The highest BCUT2D eigenvalue weighted by Crippen LogP contribution is 2.38. The number of aliphatic hydroxyl groups excluding tert-OH is 2. The molecule has 1 fully saturated rings. The molecule has 142 valence electrons. The Morgan fingerprint density at radius 3 is 2.74 bits per heavy atom. The van der Waals surface area contributed by atoms with Crippen LogP contribution in [0.3, 0.4) is 0 Å². The molecule has 4 nitrogen and oxygen atoms in total. The third-order valence-corrected chi connectivity index (χ3v) is 6.08. The standard InChI is InChI=1S/C21H21FO4S/c22-18-10-19(25)17(20-9-14(24)8-15(11-23)26-20)7-13(18)6-16-5-12-3-1-2-4-21(12)27-16/h1-5,7,10,14-15,20,23-25H,6,8-9,11H2. The molecule has 0 radical (unpaired) electrons. The third kappa shape index (κ3) is 3.84. The molecular weight excluding hydrogens is 367 g/mol. The van der Waals surface area contributed by atoms with E-state index in [-0.39, 0.29) is 12.4 Å². The summed E-state index contributed by atoms with van der Waals surface area (Å²) in [6.07, 6.45) is -0.628. The topological polar surface area (TPSA) is 69.9 Å². The number of rotatable bonds is 4. The Morgan fingerprint density at radius 1 is 1.15 bits per heavy atom. The number of thiophene rings is 1. The van der Waals surface area contributed by atoms with Gasteiger partial charge in [0.05, 0.1) is 24.9 Å². The first-order chi connectivity index (χ1) is 13.0. The number of phenolic OH excluding ortho intramolecular Hbond substituents is 1. The number of aliphatic hydroxyl groups is 2. The van der Waals surface area contributed by atoms with E-state index in [0.717, 1.165) is 21.0 Å². The van der Waals surface area contributed by atoms with Crippen molar-refractivity contribution in [3.05, 3.63) is 64.3 Å². The van der Waals surface area contributed by atoms with Crippen LogP contribution in [-0.4, -0.2) is 34.1 Å². The van der Waals surface area contributed by atoms with Crippen molar-refractivity contribution >= 4 is 21.4 Å². The molecule has 4 rings (SSSR count). The van der Waals surface area contributed by atoms with Crippen molar-refractivity contribution in [1.29, 1.82) is 0 Å². The third-order valence-electron chi connectivity index (χ3n) is 4.97. The normalized spacial score (nSPS) is 23.0. The van der Waals surface area contributed by atoms with Crippen LogP contribution in [-0.2, 0) is 11.2 Å². The maximum Gasteiger partial charge on any atom is 0.130 e. The lowest BCUT2D eigenvalue weighted by molar-refractivity contribution is -0.114.